The van der Waals surface area contributed by atoms with Crippen molar-refractivity contribution in [3.63, 3.8) is 0 Å². The van der Waals surface area contributed by atoms with Crippen molar-refractivity contribution in [1.82, 2.24) is 10.3 Å². The number of aliphatic hydroxyl groups excluding tert-OH is 1. The number of benzene rings is 2. The molecule has 1 amide bonds. The van der Waals surface area contributed by atoms with E-state index in [4.69, 9.17) is 4.99 Å². The maximum Gasteiger partial charge on any atom is 0.266 e. The molecule has 2 N–H and O–H groups in total. The van der Waals surface area contributed by atoms with Crippen LogP contribution in [0, 0.1) is 0 Å². The van der Waals surface area contributed by atoms with Crippen LogP contribution in [-0.2, 0) is 24.2 Å². The third-order valence-corrected chi connectivity index (χ3v) is 6.29. The molecule has 2 aliphatic heterocycles. The lowest BCUT2D eigenvalue weighted by molar-refractivity contribution is -0.116. The fraction of sp³-hybridized carbons (Fsp3) is 0.200. The Labute approximate surface area is 179 Å². The van der Waals surface area contributed by atoms with E-state index in [1.807, 2.05) is 42.5 Å². The number of pyridine rings is 1. The van der Waals surface area contributed by atoms with E-state index in [1.165, 1.54) is 0 Å². The van der Waals surface area contributed by atoms with Crippen molar-refractivity contribution in [1.29, 1.82) is 0 Å². The Balaban J connectivity index is 1.26. The molecular weight excluding hydrogens is 388 g/mol. The molecule has 0 saturated heterocycles. The Morgan fingerprint density at radius 2 is 1.87 bits per heavy atom. The number of carbonyl (C=O) groups is 1. The van der Waals surface area contributed by atoms with Crippen LogP contribution in [0.5, 0.6) is 0 Å². The van der Waals surface area contributed by atoms with Crippen LogP contribution in [-0.4, -0.2) is 33.5 Å². The van der Waals surface area contributed by atoms with E-state index >= 15 is 0 Å². The largest absolute Gasteiger partial charge is 0.390 e. The molecule has 31 heavy (non-hydrogen) atoms. The zero-order valence-electron chi connectivity index (χ0n) is 16.7. The van der Waals surface area contributed by atoms with E-state index in [-0.39, 0.29) is 5.91 Å². The van der Waals surface area contributed by atoms with Gasteiger partial charge in [0.2, 0.25) is 0 Å². The second kappa shape index (κ2) is 6.96. The summed E-state index contributed by atoms with van der Waals surface area (Å²) in [5, 5.41) is 13.5. The highest BCUT2D eigenvalue weighted by Crippen LogP contribution is 2.35. The molecule has 3 heterocycles. The van der Waals surface area contributed by atoms with Gasteiger partial charge in [-0.3, -0.25) is 14.8 Å². The van der Waals surface area contributed by atoms with E-state index in [9.17, 15) is 9.90 Å². The molecular formula is C25H20N4O2. The summed E-state index contributed by atoms with van der Waals surface area (Å²) in [6.45, 7) is 0.632. The number of aromatic nitrogens is 1. The van der Waals surface area contributed by atoms with Crippen LogP contribution >= 0.6 is 0 Å². The van der Waals surface area contributed by atoms with Crippen molar-refractivity contribution >= 4 is 23.0 Å². The minimum atomic E-state index is -0.617. The molecule has 0 fully saturated rings. The van der Waals surface area contributed by atoms with E-state index in [2.05, 4.69) is 21.4 Å². The lowest BCUT2D eigenvalue weighted by Gasteiger charge is -2.17. The lowest BCUT2D eigenvalue weighted by Crippen LogP contribution is -2.38. The Morgan fingerprint density at radius 3 is 2.74 bits per heavy atom. The number of fused-ring (bicyclic) bond motifs is 3. The Morgan fingerprint density at radius 1 is 1.03 bits per heavy atom. The lowest BCUT2D eigenvalue weighted by atomic mass is 9.97. The molecule has 152 valence electrons. The van der Waals surface area contributed by atoms with Gasteiger partial charge in [0.05, 0.1) is 30.1 Å². The quantitative estimate of drug-likeness (QED) is 0.699. The van der Waals surface area contributed by atoms with Gasteiger partial charge in [-0.25, -0.2) is 4.99 Å². The minimum absolute atomic E-state index is 0.222. The average Bonchev–Trinajstić information content (AvgIpc) is 3.48. The van der Waals surface area contributed by atoms with Gasteiger partial charge in [-0.05, 0) is 40.5 Å². The summed E-state index contributed by atoms with van der Waals surface area (Å²) in [7, 11) is 0. The van der Waals surface area contributed by atoms with Crippen LogP contribution in [0.2, 0.25) is 0 Å². The minimum Gasteiger partial charge on any atom is -0.390 e. The third kappa shape index (κ3) is 2.99. The summed E-state index contributed by atoms with van der Waals surface area (Å²) in [6.07, 6.45) is 3.95. The molecule has 0 spiro atoms. The first-order chi connectivity index (χ1) is 15.2. The van der Waals surface area contributed by atoms with Gasteiger partial charge in [0.1, 0.15) is 5.71 Å². The van der Waals surface area contributed by atoms with E-state index in [1.54, 1.807) is 12.4 Å². The summed E-state index contributed by atoms with van der Waals surface area (Å²) < 4.78 is 0. The van der Waals surface area contributed by atoms with E-state index < -0.39 is 12.1 Å². The van der Waals surface area contributed by atoms with Gasteiger partial charge in [0, 0.05) is 36.4 Å². The van der Waals surface area contributed by atoms with Crippen molar-refractivity contribution in [2.75, 3.05) is 0 Å². The van der Waals surface area contributed by atoms with E-state index in [0.717, 1.165) is 44.8 Å². The molecule has 6 rings (SSSR count). The molecule has 6 nitrogen and oxygen atoms in total. The van der Waals surface area contributed by atoms with Crippen LogP contribution in [0.25, 0.3) is 0 Å². The van der Waals surface area contributed by atoms with Gasteiger partial charge >= 0.3 is 0 Å². The van der Waals surface area contributed by atoms with Gasteiger partial charge in [-0.15, -0.1) is 0 Å². The number of rotatable bonds is 3. The van der Waals surface area contributed by atoms with Gasteiger partial charge in [0.15, 0.2) is 0 Å². The predicted molar refractivity (Wildman–Crippen MR) is 118 cm³/mol. The summed E-state index contributed by atoms with van der Waals surface area (Å²) in [4.78, 5) is 26.4. The van der Waals surface area contributed by atoms with Crippen molar-refractivity contribution in [2.24, 2.45) is 9.98 Å². The summed E-state index contributed by atoms with van der Waals surface area (Å²) >= 11 is 0. The summed E-state index contributed by atoms with van der Waals surface area (Å²) in [6, 6.07) is 15.5. The number of amides is 1. The monoisotopic (exact) mass is 408 g/mol. The van der Waals surface area contributed by atoms with Crippen LogP contribution in [0.4, 0.5) is 5.69 Å². The molecule has 2 aromatic carbocycles. The smallest absolute Gasteiger partial charge is 0.266 e. The molecule has 0 radical (unpaired) electrons. The zero-order chi connectivity index (χ0) is 20.9. The fourth-order valence-corrected chi connectivity index (χ4v) is 4.76. The molecule has 2 atom stereocenters. The maximum atomic E-state index is 13.0. The van der Waals surface area contributed by atoms with Crippen LogP contribution in [0.15, 0.2) is 70.9 Å². The number of carbonyl (C=O) groups excluding carboxylic acids is 1. The number of nitrogens with zero attached hydrogens (tertiary/aromatic N) is 3. The molecule has 3 aliphatic rings. The van der Waals surface area contributed by atoms with Crippen LogP contribution in [0.3, 0.4) is 0 Å². The SMILES string of the molecule is O=C(N[C@H]1c2ccccc2C[C@@H]1O)C1=Nc2cc3c(cc2C1)CN=C3c1ccncc1. The van der Waals surface area contributed by atoms with Crippen LogP contribution < -0.4 is 5.32 Å². The number of hydrogen-bond donors (Lipinski definition) is 2. The van der Waals surface area contributed by atoms with Crippen molar-refractivity contribution < 1.29 is 9.90 Å². The summed E-state index contributed by atoms with van der Waals surface area (Å²) in [5.41, 5.74) is 8.60. The first-order valence-electron chi connectivity index (χ1n) is 10.4. The van der Waals surface area contributed by atoms with E-state index in [0.29, 0.717) is 25.1 Å². The van der Waals surface area contributed by atoms with Crippen molar-refractivity contribution in [2.45, 2.75) is 31.5 Å². The summed E-state index contributed by atoms with van der Waals surface area (Å²) in [5.74, 6) is -0.222. The molecule has 0 unspecified atom stereocenters. The maximum absolute atomic E-state index is 13.0. The standard InChI is InChI=1S/C25H20N4O2/c30-22-11-15-3-1-2-4-18(15)24(22)29-25(31)21-10-16-9-17-13-27-23(14-5-7-26-8-6-14)19(17)12-20(16)28-21/h1-9,12,22,24,30H,10-11,13H2,(H,29,31)/t22-,24-/m0/s1. The van der Waals surface area contributed by atoms with Gasteiger partial charge in [-0.1, -0.05) is 30.3 Å². The normalized spacial score (nSPS) is 20.5. The molecule has 0 saturated carbocycles. The van der Waals surface area contributed by atoms with Crippen molar-refractivity contribution in [3.8, 4) is 0 Å². The first-order valence-corrected chi connectivity index (χ1v) is 10.4. The third-order valence-electron chi connectivity index (χ3n) is 6.29. The second-order valence-electron chi connectivity index (χ2n) is 8.20. The van der Waals surface area contributed by atoms with Crippen LogP contribution in [0.1, 0.15) is 39.4 Å². The highest BCUT2D eigenvalue weighted by atomic mass is 16.3. The number of aliphatic hydroxyl groups is 1. The van der Waals surface area contributed by atoms with Gasteiger partial charge < -0.3 is 10.4 Å². The predicted octanol–water partition coefficient (Wildman–Crippen LogP) is 2.84. The Hall–Kier alpha value is -3.64. The Kier molecular flexibility index (Phi) is 4.07. The molecule has 6 heteroatoms. The Bertz CT molecular complexity index is 1280. The van der Waals surface area contributed by atoms with Gasteiger partial charge in [-0.2, -0.15) is 0 Å². The number of aliphatic imine (C=N–C) groups is 2. The molecule has 1 aromatic heterocycles. The zero-order valence-corrected chi connectivity index (χ0v) is 16.7. The topological polar surface area (TPSA) is 86.9 Å². The molecule has 0 bridgehead atoms. The fourth-order valence-electron chi connectivity index (χ4n) is 4.76. The highest BCUT2D eigenvalue weighted by molar-refractivity contribution is 6.41. The highest BCUT2D eigenvalue weighted by Gasteiger charge is 2.34. The number of hydrogen-bond acceptors (Lipinski definition) is 5. The second-order valence-corrected chi connectivity index (χ2v) is 8.20. The molecule has 3 aromatic rings. The molecule has 1 aliphatic carbocycles. The first kappa shape index (κ1) is 18.2. The van der Waals surface area contributed by atoms with Gasteiger partial charge in [0.25, 0.3) is 5.91 Å². The average molecular weight is 408 g/mol. The van der Waals surface area contributed by atoms with Crippen molar-refractivity contribution in [3.05, 3.63) is 94.3 Å². The number of nitrogens with one attached hydrogen (secondary N) is 1.